The van der Waals surface area contributed by atoms with Gasteiger partial charge in [0.05, 0.1) is 16.3 Å². The van der Waals surface area contributed by atoms with Gasteiger partial charge < -0.3 is 4.42 Å². The third-order valence-electron chi connectivity index (χ3n) is 3.17. The summed E-state index contributed by atoms with van der Waals surface area (Å²) in [7, 11) is 0. The number of benzene rings is 1. The van der Waals surface area contributed by atoms with Crippen molar-refractivity contribution in [3.63, 3.8) is 0 Å². The summed E-state index contributed by atoms with van der Waals surface area (Å²) in [5, 5.41) is 10.4. The number of rotatable bonds is 3. The van der Waals surface area contributed by atoms with Gasteiger partial charge in [-0.15, -0.1) is 0 Å². The van der Waals surface area contributed by atoms with Crippen LogP contribution in [-0.2, 0) is 0 Å². The Kier molecular flexibility index (Phi) is 4.47. The second-order valence-corrected chi connectivity index (χ2v) is 5.55. The van der Waals surface area contributed by atoms with Crippen molar-refractivity contribution >= 4 is 34.9 Å². The lowest BCUT2D eigenvalue weighted by atomic mass is 10.1. The highest BCUT2D eigenvalue weighted by molar-refractivity contribution is 6.35. The molecule has 3 nitrogen and oxygen atoms in total. The van der Waals surface area contributed by atoms with Gasteiger partial charge in [-0.05, 0) is 42.5 Å². The molecule has 1 aromatic carbocycles. The lowest BCUT2D eigenvalue weighted by Crippen LogP contribution is -1.85. The minimum Gasteiger partial charge on any atom is -0.457 e. The predicted molar refractivity (Wildman–Crippen MR) is 91.9 cm³/mol. The molecule has 0 radical (unpaired) electrons. The van der Waals surface area contributed by atoms with E-state index in [1.54, 1.807) is 54.7 Å². The van der Waals surface area contributed by atoms with Crippen LogP contribution >= 0.6 is 23.2 Å². The fraction of sp³-hybridized carbons (Fsp3) is 0. The molecule has 0 aliphatic rings. The van der Waals surface area contributed by atoms with Crippen molar-refractivity contribution in [3.8, 4) is 17.4 Å². The zero-order chi connectivity index (χ0) is 16.2. The van der Waals surface area contributed by atoms with Crippen LogP contribution < -0.4 is 0 Å². The second-order valence-electron chi connectivity index (χ2n) is 4.71. The van der Waals surface area contributed by atoms with Gasteiger partial charge in [-0.3, -0.25) is 4.98 Å². The van der Waals surface area contributed by atoms with E-state index in [1.165, 1.54) is 0 Å². The molecule has 0 N–H and O–H groups in total. The molecule has 0 bridgehead atoms. The number of halogens is 2. The smallest absolute Gasteiger partial charge is 0.136 e. The molecule has 0 fully saturated rings. The number of allylic oxidation sites excluding steroid dienone is 1. The van der Waals surface area contributed by atoms with E-state index in [9.17, 15) is 5.26 Å². The van der Waals surface area contributed by atoms with Crippen LogP contribution in [0, 0.1) is 11.3 Å². The van der Waals surface area contributed by atoms with Gasteiger partial charge in [0.25, 0.3) is 0 Å². The van der Waals surface area contributed by atoms with E-state index in [4.69, 9.17) is 27.6 Å². The molecule has 0 spiro atoms. The molecule has 0 aliphatic heterocycles. The molecule has 23 heavy (non-hydrogen) atoms. The van der Waals surface area contributed by atoms with Crippen molar-refractivity contribution in [1.29, 1.82) is 5.26 Å². The number of hydrogen-bond acceptors (Lipinski definition) is 3. The van der Waals surface area contributed by atoms with Gasteiger partial charge in [0, 0.05) is 22.9 Å². The van der Waals surface area contributed by atoms with Crippen LogP contribution in [-0.4, -0.2) is 4.98 Å². The maximum Gasteiger partial charge on any atom is 0.136 e. The Balaban J connectivity index is 1.98. The Morgan fingerprint density at radius 3 is 2.74 bits per heavy atom. The van der Waals surface area contributed by atoms with E-state index < -0.39 is 0 Å². The molecule has 0 aliphatic carbocycles. The van der Waals surface area contributed by atoms with Crippen LogP contribution in [0.15, 0.2) is 59.1 Å². The molecule has 0 amide bonds. The minimum atomic E-state index is 0.420. The number of aromatic nitrogens is 1. The van der Waals surface area contributed by atoms with Crippen LogP contribution in [0.4, 0.5) is 0 Å². The van der Waals surface area contributed by atoms with E-state index in [0.717, 1.165) is 0 Å². The molecule has 112 valence electrons. The Morgan fingerprint density at radius 1 is 1.13 bits per heavy atom. The van der Waals surface area contributed by atoms with Crippen LogP contribution in [0.25, 0.3) is 23.0 Å². The first kappa shape index (κ1) is 15.4. The van der Waals surface area contributed by atoms with Gasteiger partial charge in [0.15, 0.2) is 0 Å². The summed E-state index contributed by atoms with van der Waals surface area (Å²) in [5.74, 6) is 1.13. The maximum absolute atomic E-state index is 9.31. The van der Waals surface area contributed by atoms with Crippen molar-refractivity contribution in [2.45, 2.75) is 0 Å². The topological polar surface area (TPSA) is 49.8 Å². The largest absolute Gasteiger partial charge is 0.457 e. The first-order chi connectivity index (χ1) is 11.2. The Hall–Kier alpha value is -2.54. The normalized spacial score (nSPS) is 11.3. The van der Waals surface area contributed by atoms with Crippen LogP contribution in [0.5, 0.6) is 0 Å². The fourth-order valence-corrected chi connectivity index (χ4v) is 2.47. The number of pyridine rings is 1. The van der Waals surface area contributed by atoms with Crippen molar-refractivity contribution in [2.75, 3.05) is 0 Å². The fourth-order valence-electron chi connectivity index (χ4n) is 2.09. The van der Waals surface area contributed by atoms with Crippen LogP contribution in [0.3, 0.4) is 0 Å². The Morgan fingerprint density at radius 2 is 2.00 bits per heavy atom. The van der Waals surface area contributed by atoms with Crippen molar-refractivity contribution in [1.82, 2.24) is 4.98 Å². The first-order valence-electron chi connectivity index (χ1n) is 6.76. The quantitative estimate of drug-likeness (QED) is 0.573. The highest BCUT2D eigenvalue weighted by Crippen LogP contribution is 2.32. The van der Waals surface area contributed by atoms with E-state index in [-0.39, 0.29) is 0 Å². The van der Waals surface area contributed by atoms with E-state index in [1.807, 2.05) is 6.07 Å². The summed E-state index contributed by atoms with van der Waals surface area (Å²) in [5.41, 5.74) is 1.72. The third-order valence-corrected chi connectivity index (χ3v) is 3.73. The molecule has 0 unspecified atom stereocenters. The lowest BCUT2D eigenvalue weighted by molar-refractivity contribution is 0.572. The number of furan rings is 1. The zero-order valence-electron chi connectivity index (χ0n) is 11.8. The number of nitriles is 1. The van der Waals surface area contributed by atoms with Crippen LogP contribution in [0.2, 0.25) is 10.0 Å². The molecular formula is C18H10Cl2N2O. The predicted octanol–water partition coefficient (Wildman–Crippen LogP) is 5.71. The Bertz CT molecular complexity index is 908. The summed E-state index contributed by atoms with van der Waals surface area (Å²) >= 11 is 12.2. The molecule has 2 aromatic heterocycles. The highest BCUT2D eigenvalue weighted by Gasteiger charge is 2.10. The molecule has 5 heteroatoms. The summed E-state index contributed by atoms with van der Waals surface area (Å²) < 4.78 is 5.76. The van der Waals surface area contributed by atoms with Gasteiger partial charge in [-0.1, -0.05) is 29.3 Å². The van der Waals surface area contributed by atoms with Gasteiger partial charge >= 0.3 is 0 Å². The summed E-state index contributed by atoms with van der Waals surface area (Å²) in [6, 6.07) is 16.2. The molecule has 0 saturated heterocycles. The van der Waals surface area contributed by atoms with Gasteiger partial charge in [0.2, 0.25) is 0 Å². The van der Waals surface area contributed by atoms with Crippen LogP contribution in [0.1, 0.15) is 11.5 Å². The second kappa shape index (κ2) is 6.70. The summed E-state index contributed by atoms with van der Waals surface area (Å²) in [6.07, 6.45) is 3.28. The minimum absolute atomic E-state index is 0.420. The standard InChI is InChI=1S/C18H10Cl2N2O/c19-13-4-6-16(20)15(10-13)18-7-5-14(23-18)9-12(11-21)17-3-1-2-8-22-17/h1-10H/b12-9+. The summed E-state index contributed by atoms with van der Waals surface area (Å²) in [4.78, 5) is 4.17. The molecule has 0 saturated carbocycles. The van der Waals surface area contributed by atoms with E-state index in [0.29, 0.717) is 38.4 Å². The number of hydrogen-bond donors (Lipinski definition) is 0. The van der Waals surface area contributed by atoms with Crippen molar-refractivity contribution in [2.24, 2.45) is 0 Å². The zero-order valence-corrected chi connectivity index (χ0v) is 13.3. The van der Waals surface area contributed by atoms with Gasteiger partial charge in [-0.25, -0.2) is 0 Å². The Labute approximate surface area is 143 Å². The molecule has 3 aromatic rings. The summed E-state index contributed by atoms with van der Waals surface area (Å²) in [6.45, 7) is 0. The third kappa shape index (κ3) is 3.45. The first-order valence-corrected chi connectivity index (χ1v) is 7.51. The average molecular weight is 341 g/mol. The van der Waals surface area contributed by atoms with Crippen molar-refractivity contribution < 1.29 is 4.42 Å². The van der Waals surface area contributed by atoms with Gasteiger partial charge in [-0.2, -0.15) is 5.26 Å². The molecule has 2 heterocycles. The van der Waals surface area contributed by atoms with Gasteiger partial charge in [0.1, 0.15) is 17.6 Å². The van der Waals surface area contributed by atoms with Crippen molar-refractivity contribution in [3.05, 3.63) is 76.2 Å². The number of nitrogens with zero attached hydrogens (tertiary/aromatic N) is 2. The average Bonchev–Trinajstić information content (AvgIpc) is 3.04. The maximum atomic E-state index is 9.31. The van der Waals surface area contributed by atoms with E-state index >= 15 is 0 Å². The lowest BCUT2D eigenvalue weighted by Gasteiger charge is -2.01. The SMILES string of the molecule is N#C/C(=C\c1ccc(-c2cc(Cl)ccc2Cl)o1)c1ccccn1. The monoisotopic (exact) mass is 340 g/mol. The molecule has 0 atom stereocenters. The molecule has 3 rings (SSSR count). The molecular weight excluding hydrogens is 331 g/mol. The highest BCUT2D eigenvalue weighted by atomic mass is 35.5. The van der Waals surface area contributed by atoms with E-state index in [2.05, 4.69) is 11.1 Å².